The minimum Gasteiger partial charge on any atom is -0.496 e. The molecule has 0 aliphatic carbocycles. The predicted octanol–water partition coefficient (Wildman–Crippen LogP) is 4.42. The second-order valence-electron chi connectivity index (χ2n) is 8.09. The van der Waals surface area contributed by atoms with Gasteiger partial charge >= 0.3 is 6.18 Å². The summed E-state index contributed by atoms with van der Waals surface area (Å²) < 4.78 is 51.2. The molecule has 34 heavy (non-hydrogen) atoms. The number of pyridine rings is 1. The summed E-state index contributed by atoms with van der Waals surface area (Å²) in [5, 5.41) is 4.22. The van der Waals surface area contributed by atoms with Crippen molar-refractivity contribution < 1.29 is 27.4 Å². The van der Waals surface area contributed by atoms with Crippen molar-refractivity contribution in [2.75, 3.05) is 20.3 Å². The van der Waals surface area contributed by atoms with E-state index >= 15 is 0 Å². The number of hydrogen-bond donors (Lipinski definition) is 0. The zero-order valence-electron chi connectivity index (χ0n) is 18.9. The van der Waals surface area contributed by atoms with Gasteiger partial charge < -0.3 is 14.4 Å². The molecule has 1 saturated heterocycles. The molecule has 0 N–H and O–H groups in total. The molecule has 0 saturated carbocycles. The van der Waals surface area contributed by atoms with Crippen LogP contribution in [0.2, 0.25) is 0 Å². The normalized spacial score (nSPS) is 16.0. The number of para-hydroxylation sites is 1. The number of benzene rings is 1. The molecule has 0 bridgehead atoms. The Balaban J connectivity index is 1.61. The van der Waals surface area contributed by atoms with E-state index in [-0.39, 0.29) is 17.8 Å². The van der Waals surface area contributed by atoms with Gasteiger partial charge in [0.25, 0.3) is 5.91 Å². The molecule has 1 amide bonds. The fraction of sp³-hybridized carbons (Fsp3) is 0.375. The average molecular weight is 474 g/mol. The minimum atomic E-state index is -4.48. The van der Waals surface area contributed by atoms with Crippen LogP contribution in [0.1, 0.15) is 40.0 Å². The van der Waals surface area contributed by atoms with Gasteiger partial charge in [0.1, 0.15) is 5.75 Å². The summed E-state index contributed by atoms with van der Waals surface area (Å²) in [6.45, 7) is 3.07. The molecule has 10 heteroatoms. The van der Waals surface area contributed by atoms with Gasteiger partial charge in [0.2, 0.25) is 0 Å². The Morgan fingerprint density at radius 3 is 2.68 bits per heavy atom. The summed E-state index contributed by atoms with van der Waals surface area (Å²) in [4.78, 5) is 19.2. The number of carbonyl (C=O) groups excluding carboxylic acids is 1. The Hall–Kier alpha value is -3.40. The molecule has 0 spiro atoms. The number of aromatic nitrogens is 3. The number of rotatable bonds is 7. The number of methoxy groups -OCH3 is 1. The summed E-state index contributed by atoms with van der Waals surface area (Å²) >= 11 is 0. The third kappa shape index (κ3) is 5.06. The maximum Gasteiger partial charge on any atom is 0.417 e. The topological polar surface area (TPSA) is 69.5 Å². The van der Waals surface area contributed by atoms with Crippen LogP contribution in [0.4, 0.5) is 13.2 Å². The highest BCUT2D eigenvalue weighted by Crippen LogP contribution is 2.29. The van der Waals surface area contributed by atoms with E-state index in [2.05, 4.69) is 10.1 Å². The van der Waals surface area contributed by atoms with Gasteiger partial charge in [0, 0.05) is 31.5 Å². The molecule has 2 aromatic heterocycles. The zero-order valence-corrected chi connectivity index (χ0v) is 18.9. The van der Waals surface area contributed by atoms with Crippen LogP contribution in [0.25, 0.3) is 5.82 Å². The summed E-state index contributed by atoms with van der Waals surface area (Å²) in [6.07, 6.45) is -0.565. The van der Waals surface area contributed by atoms with Gasteiger partial charge in [0.05, 0.1) is 36.2 Å². The highest BCUT2D eigenvalue weighted by atomic mass is 19.4. The lowest BCUT2D eigenvalue weighted by Gasteiger charge is -2.26. The molecule has 7 nitrogen and oxygen atoms in total. The SMILES string of the molecule is COc1ccccc1CN(CC1CCCO1)C(=O)c1cnn(-c2ccc(C(F)(F)F)cn2)c1C. The largest absolute Gasteiger partial charge is 0.496 e. The van der Waals surface area contributed by atoms with E-state index in [9.17, 15) is 18.0 Å². The Labute approximate surface area is 195 Å². The number of ether oxygens (including phenoxy) is 2. The van der Waals surface area contributed by atoms with Crippen LogP contribution in [0.15, 0.2) is 48.8 Å². The first kappa shape index (κ1) is 23.7. The quantitative estimate of drug-likeness (QED) is 0.507. The van der Waals surface area contributed by atoms with Crippen LogP contribution in [0.5, 0.6) is 5.75 Å². The molecular formula is C24H25F3N4O3. The van der Waals surface area contributed by atoms with E-state index in [0.717, 1.165) is 30.7 Å². The van der Waals surface area contributed by atoms with Crippen LogP contribution in [0.3, 0.4) is 0 Å². The van der Waals surface area contributed by atoms with Crippen molar-refractivity contribution in [2.24, 2.45) is 0 Å². The fourth-order valence-electron chi connectivity index (χ4n) is 3.99. The van der Waals surface area contributed by atoms with E-state index in [1.807, 2.05) is 24.3 Å². The lowest BCUT2D eigenvalue weighted by Crippen LogP contribution is -2.37. The summed E-state index contributed by atoms with van der Waals surface area (Å²) in [5.41, 5.74) is 0.826. The van der Waals surface area contributed by atoms with Crippen molar-refractivity contribution in [2.45, 2.75) is 38.6 Å². The van der Waals surface area contributed by atoms with E-state index in [0.29, 0.717) is 36.7 Å². The first-order valence-corrected chi connectivity index (χ1v) is 10.9. The van der Waals surface area contributed by atoms with Crippen molar-refractivity contribution >= 4 is 5.91 Å². The first-order chi connectivity index (χ1) is 16.3. The predicted molar refractivity (Wildman–Crippen MR) is 118 cm³/mol. The fourth-order valence-corrected chi connectivity index (χ4v) is 3.99. The molecular weight excluding hydrogens is 449 g/mol. The maximum absolute atomic E-state index is 13.6. The molecule has 1 aliphatic heterocycles. The monoisotopic (exact) mass is 474 g/mol. The van der Waals surface area contributed by atoms with E-state index in [1.165, 1.54) is 16.9 Å². The molecule has 4 rings (SSSR count). The number of amides is 1. The van der Waals surface area contributed by atoms with Gasteiger partial charge in [-0.05, 0) is 38.0 Å². The standard InChI is InChI=1S/C24H25F3N4O3/c1-16-20(13-29-31(16)22-10-9-18(12-28-22)24(25,26)27)23(32)30(15-19-7-5-11-34-19)14-17-6-3-4-8-21(17)33-2/h3-4,6,8-10,12-13,19H,5,7,11,14-15H2,1-2H3. The van der Waals surface area contributed by atoms with E-state index in [1.54, 1.807) is 18.9 Å². The average Bonchev–Trinajstić information content (AvgIpc) is 3.47. The number of halogens is 3. The molecule has 3 heterocycles. The van der Waals surface area contributed by atoms with Crippen molar-refractivity contribution in [3.63, 3.8) is 0 Å². The number of nitrogens with zero attached hydrogens (tertiary/aromatic N) is 4. The minimum absolute atomic E-state index is 0.0643. The van der Waals surface area contributed by atoms with Gasteiger partial charge in [-0.1, -0.05) is 18.2 Å². The van der Waals surface area contributed by atoms with Gasteiger partial charge in [-0.3, -0.25) is 4.79 Å². The van der Waals surface area contributed by atoms with Crippen molar-refractivity contribution in [1.82, 2.24) is 19.7 Å². The van der Waals surface area contributed by atoms with E-state index in [4.69, 9.17) is 9.47 Å². The summed E-state index contributed by atoms with van der Waals surface area (Å²) in [5.74, 6) is 0.617. The van der Waals surface area contributed by atoms with Gasteiger partial charge in [-0.2, -0.15) is 18.3 Å². The first-order valence-electron chi connectivity index (χ1n) is 10.9. The Kier molecular flexibility index (Phi) is 6.87. The van der Waals surface area contributed by atoms with Crippen LogP contribution in [-0.4, -0.2) is 51.9 Å². The lowest BCUT2D eigenvalue weighted by molar-refractivity contribution is -0.137. The number of hydrogen-bond acceptors (Lipinski definition) is 5. The molecule has 3 aromatic rings. The van der Waals surface area contributed by atoms with Crippen molar-refractivity contribution in [3.05, 3.63) is 71.2 Å². The number of alkyl halides is 3. The molecule has 1 aliphatic rings. The third-order valence-corrected chi connectivity index (χ3v) is 5.82. The van der Waals surface area contributed by atoms with Crippen molar-refractivity contribution in [1.29, 1.82) is 0 Å². The van der Waals surface area contributed by atoms with Crippen LogP contribution >= 0.6 is 0 Å². The summed E-state index contributed by atoms with van der Waals surface area (Å²) in [7, 11) is 1.58. The Bertz CT molecular complexity index is 1140. The molecule has 0 radical (unpaired) electrons. The molecule has 1 aromatic carbocycles. The molecule has 1 unspecified atom stereocenters. The maximum atomic E-state index is 13.6. The van der Waals surface area contributed by atoms with Crippen molar-refractivity contribution in [3.8, 4) is 11.6 Å². The smallest absolute Gasteiger partial charge is 0.417 e. The van der Waals surface area contributed by atoms with Crippen LogP contribution in [0, 0.1) is 6.92 Å². The second kappa shape index (κ2) is 9.84. The second-order valence-corrected chi connectivity index (χ2v) is 8.09. The third-order valence-electron chi connectivity index (χ3n) is 5.82. The van der Waals surface area contributed by atoms with E-state index < -0.39 is 11.7 Å². The lowest BCUT2D eigenvalue weighted by atomic mass is 10.1. The summed E-state index contributed by atoms with van der Waals surface area (Å²) in [6, 6.07) is 9.65. The number of carbonyl (C=O) groups is 1. The molecule has 1 fully saturated rings. The molecule has 1 atom stereocenters. The van der Waals surface area contributed by atoms with Gasteiger partial charge in [0.15, 0.2) is 5.82 Å². The van der Waals surface area contributed by atoms with Gasteiger partial charge in [-0.25, -0.2) is 9.67 Å². The van der Waals surface area contributed by atoms with Crippen LogP contribution in [-0.2, 0) is 17.5 Å². The highest BCUT2D eigenvalue weighted by Gasteiger charge is 2.31. The highest BCUT2D eigenvalue weighted by molar-refractivity contribution is 5.95. The Morgan fingerprint density at radius 1 is 1.24 bits per heavy atom. The molecule has 180 valence electrons. The zero-order chi connectivity index (χ0) is 24.3. The van der Waals surface area contributed by atoms with Crippen LogP contribution < -0.4 is 4.74 Å². The van der Waals surface area contributed by atoms with Gasteiger partial charge in [-0.15, -0.1) is 0 Å². The Morgan fingerprint density at radius 2 is 2.03 bits per heavy atom.